The molecule has 0 aliphatic carbocycles. The summed E-state index contributed by atoms with van der Waals surface area (Å²) in [5, 5.41) is 0. The highest BCUT2D eigenvalue weighted by Gasteiger charge is 2.05. The summed E-state index contributed by atoms with van der Waals surface area (Å²) in [6.07, 6.45) is 5.22. The second-order valence-electron chi connectivity index (χ2n) is 4.24. The van der Waals surface area contributed by atoms with Gasteiger partial charge >= 0.3 is 0 Å². The summed E-state index contributed by atoms with van der Waals surface area (Å²) in [5.41, 5.74) is 3.54. The number of nitrogens with zero attached hydrogens (tertiary/aromatic N) is 2. The Balaban J connectivity index is 2.53. The molecule has 0 saturated carbocycles. The molecule has 0 aliphatic rings. The molecule has 14 heavy (non-hydrogen) atoms. The minimum absolute atomic E-state index is 0.679. The van der Waals surface area contributed by atoms with Crippen molar-refractivity contribution in [2.24, 2.45) is 5.92 Å². The van der Waals surface area contributed by atoms with Crippen LogP contribution in [0.5, 0.6) is 0 Å². The van der Waals surface area contributed by atoms with Crippen LogP contribution in [0, 0.1) is 12.8 Å². The number of fused-ring (bicyclic) bond motifs is 1. The molecular formula is C12H16N2. The molecule has 2 aromatic heterocycles. The lowest BCUT2D eigenvalue weighted by Crippen LogP contribution is -1.97. The number of pyridine rings is 1. The van der Waals surface area contributed by atoms with Crippen LogP contribution < -0.4 is 0 Å². The highest BCUT2D eigenvalue weighted by molar-refractivity contribution is 5.48. The van der Waals surface area contributed by atoms with Crippen LogP contribution in [0.1, 0.15) is 25.1 Å². The zero-order valence-electron chi connectivity index (χ0n) is 8.99. The number of hydrogen-bond donors (Lipinski definition) is 0. The Morgan fingerprint density at radius 3 is 2.93 bits per heavy atom. The zero-order chi connectivity index (χ0) is 10.1. The van der Waals surface area contributed by atoms with Crippen molar-refractivity contribution in [2.75, 3.05) is 0 Å². The molecule has 0 N–H and O–H groups in total. The molecule has 0 bridgehead atoms. The summed E-state index contributed by atoms with van der Waals surface area (Å²) in [5.74, 6) is 0.679. The second kappa shape index (κ2) is 3.45. The third-order valence-corrected chi connectivity index (χ3v) is 2.31. The van der Waals surface area contributed by atoms with E-state index in [2.05, 4.69) is 47.8 Å². The Kier molecular flexibility index (Phi) is 2.28. The van der Waals surface area contributed by atoms with Gasteiger partial charge < -0.3 is 4.40 Å². The average Bonchev–Trinajstić information content (AvgIpc) is 2.45. The van der Waals surface area contributed by atoms with E-state index in [4.69, 9.17) is 0 Å². The SMILES string of the molecule is Cc1cn2cccc(CC(C)C)c2n1. The van der Waals surface area contributed by atoms with E-state index in [9.17, 15) is 0 Å². The van der Waals surface area contributed by atoms with E-state index >= 15 is 0 Å². The van der Waals surface area contributed by atoms with E-state index in [0.29, 0.717) is 5.92 Å². The van der Waals surface area contributed by atoms with Gasteiger partial charge in [0.1, 0.15) is 5.65 Å². The van der Waals surface area contributed by atoms with Crippen LogP contribution in [-0.2, 0) is 6.42 Å². The maximum atomic E-state index is 4.53. The predicted molar refractivity (Wildman–Crippen MR) is 58.5 cm³/mol. The quantitative estimate of drug-likeness (QED) is 0.708. The number of aromatic nitrogens is 2. The normalized spacial score (nSPS) is 11.4. The fourth-order valence-electron chi connectivity index (χ4n) is 1.79. The van der Waals surface area contributed by atoms with Crippen molar-refractivity contribution >= 4 is 5.65 Å². The molecule has 2 heteroatoms. The number of hydrogen-bond acceptors (Lipinski definition) is 1. The summed E-state index contributed by atoms with van der Waals surface area (Å²) in [4.78, 5) is 4.53. The lowest BCUT2D eigenvalue weighted by atomic mass is 10.0. The Labute approximate surface area is 84.6 Å². The van der Waals surface area contributed by atoms with E-state index in [0.717, 1.165) is 17.8 Å². The van der Waals surface area contributed by atoms with Crippen LogP contribution in [0.4, 0.5) is 0 Å². The van der Waals surface area contributed by atoms with Gasteiger partial charge in [0.25, 0.3) is 0 Å². The van der Waals surface area contributed by atoms with Crippen molar-refractivity contribution in [2.45, 2.75) is 27.2 Å². The molecule has 0 radical (unpaired) electrons. The first-order valence-corrected chi connectivity index (χ1v) is 5.10. The summed E-state index contributed by atoms with van der Waals surface area (Å²) in [6, 6.07) is 4.26. The molecule has 2 nitrogen and oxygen atoms in total. The molecule has 2 heterocycles. The number of aryl methyl sites for hydroxylation is 1. The first kappa shape index (κ1) is 9.25. The molecule has 74 valence electrons. The summed E-state index contributed by atoms with van der Waals surface area (Å²) < 4.78 is 2.10. The van der Waals surface area contributed by atoms with Gasteiger partial charge in [-0.05, 0) is 30.9 Å². The zero-order valence-corrected chi connectivity index (χ0v) is 8.99. The first-order valence-electron chi connectivity index (χ1n) is 5.10. The van der Waals surface area contributed by atoms with Crippen LogP contribution in [0.3, 0.4) is 0 Å². The molecule has 0 atom stereocenters. The first-order chi connectivity index (χ1) is 6.66. The molecule has 0 aliphatic heterocycles. The van der Waals surface area contributed by atoms with Gasteiger partial charge in [0.2, 0.25) is 0 Å². The number of imidazole rings is 1. The molecule has 0 fully saturated rings. The fourth-order valence-corrected chi connectivity index (χ4v) is 1.79. The average molecular weight is 188 g/mol. The summed E-state index contributed by atoms with van der Waals surface area (Å²) in [7, 11) is 0. The molecule has 0 amide bonds. The van der Waals surface area contributed by atoms with Crippen LogP contribution in [0.15, 0.2) is 24.5 Å². The minimum Gasteiger partial charge on any atom is -0.307 e. The molecule has 2 aromatic rings. The highest BCUT2D eigenvalue weighted by Crippen LogP contribution is 2.14. The summed E-state index contributed by atoms with van der Waals surface area (Å²) in [6.45, 7) is 6.50. The largest absolute Gasteiger partial charge is 0.307 e. The monoisotopic (exact) mass is 188 g/mol. The lowest BCUT2D eigenvalue weighted by Gasteiger charge is -2.05. The van der Waals surface area contributed by atoms with Crippen molar-refractivity contribution in [1.29, 1.82) is 0 Å². The maximum absolute atomic E-state index is 4.53. The molecule has 0 saturated heterocycles. The van der Waals surface area contributed by atoms with Crippen LogP contribution in [0.25, 0.3) is 5.65 Å². The smallest absolute Gasteiger partial charge is 0.140 e. The van der Waals surface area contributed by atoms with E-state index in [1.165, 1.54) is 5.56 Å². The Morgan fingerprint density at radius 2 is 2.21 bits per heavy atom. The highest BCUT2D eigenvalue weighted by atomic mass is 15.0. The van der Waals surface area contributed by atoms with E-state index in [1.807, 2.05) is 6.92 Å². The Bertz CT molecular complexity index is 441. The van der Waals surface area contributed by atoms with Gasteiger partial charge in [0.05, 0.1) is 5.69 Å². The molecule has 0 aromatic carbocycles. The van der Waals surface area contributed by atoms with Crippen LogP contribution >= 0.6 is 0 Å². The Morgan fingerprint density at radius 1 is 1.43 bits per heavy atom. The minimum atomic E-state index is 0.679. The maximum Gasteiger partial charge on any atom is 0.140 e. The van der Waals surface area contributed by atoms with Gasteiger partial charge in [-0.1, -0.05) is 19.9 Å². The molecule has 2 rings (SSSR count). The van der Waals surface area contributed by atoms with Gasteiger partial charge in [0.15, 0.2) is 0 Å². The molecule has 0 spiro atoms. The van der Waals surface area contributed by atoms with Gasteiger partial charge in [-0.15, -0.1) is 0 Å². The van der Waals surface area contributed by atoms with Gasteiger partial charge in [-0.3, -0.25) is 0 Å². The van der Waals surface area contributed by atoms with Crippen molar-refractivity contribution in [3.05, 3.63) is 35.8 Å². The van der Waals surface area contributed by atoms with Gasteiger partial charge in [0, 0.05) is 12.4 Å². The number of rotatable bonds is 2. The molecular weight excluding hydrogens is 172 g/mol. The van der Waals surface area contributed by atoms with E-state index in [-0.39, 0.29) is 0 Å². The van der Waals surface area contributed by atoms with Gasteiger partial charge in [-0.25, -0.2) is 4.98 Å². The second-order valence-corrected chi connectivity index (χ2v) is 4.24. The summed E-state index contributed by atoms with van der Waals surface area (Å²) >= 11 is 0. The van der Waals surface area contributed by atoms with Crippen molar-refractivity contribution in [1.82, 2.24) is 9.38 Å². The van der Waals surface area contributed by atoms with Crippen molar-refractivity contribution in [3.8, 4) is 0 Å². The predicted octanol–water partition coefficient (Wildman–Crippen LogP) is 2.84. The van der Waals surface area contributed by atoms with Crippen LogP contribution in [0.2, 0.25) is 0 Å². The third-order valence-electron chi connectivity index (χ3n) is 2.31. The van der Waals surface area contributed by atoms with Crippen molar-refractivity contribution < 1.29 is 0 Å². The standard InChI is InChI=1S/C12H16N2/c1-9(2)7-11-5-4-6-14-8-10(3)13-12(11)14/h4-6,8-9H,7H2,1-3H3. The van der Waals surface area contributed by atoms with Gasteiger partial charge in [-0.2, -0.15) is 0 Å². The van der Waals surface area contributed by atoms with Crippen molar-refractivity contribution in [3.63, 3.8) is 0 Å². The van der Waals surface area contributed by atoms with E-state index < -0.39 is 0 Å². The van der Waals surface area contributed by atoms with E-state index in [1.54, 1.807) is 0 Å². The fraction of sp³-hybridized carbons (Fsp3) is 0.417. The lowest BCUT2D eigenvalue weighted by molar-refractivity contribution is 0.648. The third kappa shape index (κ3) is 1.65. The topological polar surface area (TPSA) is 17.3 Å². The molecule has 0 unspecified atom stereocenters. The van der Waals surface area contributed by atoms with Crippen LogP contribution in [-0.4, -0.2) is 9.38 Å². The Hall–Kier alpha value is -1.31.